The van der Waals surface area contributed by atoms with Gasteiger partial charge in [-0.1, -0.05) is 61.5 Å². The number of carbonyl (C=O) groups is 5. The fourth-order valence-corrected chi connectivity index (χ4v) is 4.39. The minimum atomic E-state index is -1.66. The number of ether oxygens (including phenoxy) is 3. The summed E-state index contributed by atoms with van der Waals surface area (Å²) in [6.45, 7) is 1.38. The number of hydrogen-bond donors (Lipinski definition) is 2. The average Bonchev–Trinajstić information content (AvgIpc) is 2.93. The van der Waals surface area contributed by atoms with Crippen molar-refractivity contribution >= 4 is 29.9 Å². The summed E-state index contributed by atoms with van der Waals surface area (Å²) in [7, 11) is 2.11. The number of fused-ring (bicyclic) bond motifs is 1. The van der Waals surface area contributed by atoms with Gasteiger partial charge in [-0.2, -0.15) is 0 Å². The van der Waals surface area contributed by atoms with Crippen LogP contribution in [0.15, 0.2) is 54.6 Å². The van der Waals surface area contributed by atoms with Gasteiger partial charge in [0.2, 0.25) is 5.91 Å². The van der Waals surface area contributed by atoms with E-state index in [-0.39, 0.29) is 19.6 Å². The van der Waals surface area contributed by atoms with Gasteiger partial charge in [0.25, 0.3) is 0 Å². The molecule has 1 aliphatic heterocycles. The van der Waals surface area contributed by atoms with Crippen LogP contribution in [0.25, 0.3) is 0 Å². The third-order valence-corrected chi connectivity index (χ3v) is 6.52. The van der Waals surface area contributed by atoms with Gasteiger partial charge < -0.3 is 24.6 Å². The van der Waals surface area contributed by atoms with Crippen LogP contribution in [0.3, 0.4) is 0 Å². The maximum atomic E-state index is 13.5. The highest BCUT2D eigenvalue weighted by Crippen LogP contribution is 2.26. The maximum absolute atomic E-state index is 13.5. The van der Waals surface area contributed by atoms with E-state index in [0.29, 0.717) is 0 Å². The molecule has 11 nitrogen and oxygen atoms in total. The van der Waals surface area contributed by atoms with Crippen molar-refractivity contribution in [2.75, 3.05) is 14.2 Å². The minimum Gasteiger partial charge on any atom is -0.480 e. The Kier molecular flexibility index (Phi) is 9.42. The van der Waals surface area contributed by atoms with Crippen LogP contribution in [-0.4, -0.2) is 66.2 Å². The van der Waals surface area contributed by atoms with Gasteiger partial charge in [0.05, 0.1) is 20.8 Å². The molecule has 1 aliphatic rings. The number of hydrogen-bond acceptors (Lipinski definition) is 8. The lowest BCUT2D eigenvalue weighted by molar-refractivity contribution is -0.163. The summed E-state index contributed by atoms with van der Waals surface area (Å²) in [5.41, 5.74) is 2.41. The maximum Gasteiger partial charge on any atom is 0.411 e. The fraction of sp³-hybridized carbons (Fsp3) is 0.370. The molecule has 2 N–H and O–H groups in total. The van der Waals surface area contributed by atoms with Gasteiger partial charge in [0.1, 0.15) is 18.7 Å². The summed E-state index contributed by atoms with van der Waals surface area (Å²) >= 11 is 0. The third-order valence-electron chi connectivity index (χ3n) is 6.52. The van der Waals surface area contributed by atoms with Gasteiger partial charge in [0.15, 0.2) is 5.92 Å². The number of carboxylic acids is 1. The van der Waals surface area contributed by atoms with Gasteiger partial charge >= 0.3 is 24.0 Å². The van der Waals surface area contributed by atoms with E-state index in [0.717, 1.165) is 30.9 Å². The van der Waals surface area contributed by atoms with Crippen molar-refractivity contribution in [2.24, 2.45) is 11.8 Å². The number of carboxylic acid groups (broad SMARTS) is 1. The van der Waals surface area contributed by atoms with Crippen molar-refractivity contribution < 1.29 is 43.3 Å². The Labute approximate surface area is 219 Å². The van der Waals surface area contributed by atoms with Crippen LogP contribution < -0.4 is 5.32 Å². The van der Waals surface area contributed by atoms with Crippen molar-refractivity contribution in [2.45, 2.75) is 38.6 Å². The van der Waals surface area contributed by atoms with Crippen LogP contribution in [-0.2, 0) is 53.0 Å². The van der Waals surface area contributed by atoms with Crippen LogP contribution in [0.1, 0.15) is 23.6 Å². The predicted octanol–water partition coefficient (Wildman–Crippen LogP) is 1.92. The number of rotatable bonds is 9. The van der Waals surface area contributed by atoms with E-state index in [1.54, 1.807) is 30.3 Å². The number of aliphatic carboxylic acids is 1. The Bertz CT molecular complexity index is 1170. The van der Waals surface area contributed by atoms with E-state index in [2.05, 4.69) is 14.8 Å². The summed E-state index contributed by atoms with van der Waals surface area (Å²) < 4.78 is 14.7. The number of nitrogens with one attached hydrogen (secondary N) is 1. The van der Waals surface area contributed by atoms with E-state index in [9.17, 15) is 29.1 Å². The SMILES string of the molecule is COC(=O)C(C(=O)OC)[C@H](C)[C@H](NC(=O)[C@@H]1Cc2ccccc2CN1C(=O)OCc1ccccc1)C(=O)O. The van der Waals surface area contributed by atoms with Crippen molar-refractivity contribution in [3.8, 4) is 0 Å². The second-order valence-corrected chi connectivity index (χ2v) is 8.86. The Hall–Kier alpha value is -4.41. The second-order valence-electron chi connectivity index (χ2n) is 8.86. The molecule has 1 heterocycles. The molecule has 0 fully saturated rings. The largest absolute Gasteiger partial charge is 0.480 e. The molecule has 0 unspecified atom stereocenters. The molecule has 3 atom stereocenters. The van der Waals surface area contributed by atoms with Crippen LogP contribution in [0, 0.1) is 11.8 Å². The first-order chi connectivity index (χ1) is 18.2. The second kappa shape index (κ2) is 12.7. The molecule has 202 valence electrons. The summed E-state index contributed by atoms with van der Waals surface area (Å²) in [6.07, 6.45) is -0.633. The quantitative estimate of drug-likeness (QED) is 0.284. The molecule has 38 heavy (non-hydrogen) atoms. The van der Waals surface area contributed by atoms with E-state index >= 15 is 0 Å². The van der Waals surface area contributed by atoms with Gasteiger partial charge in [-0.15, -0.1) is 0 Å². The van der Waals surface area contributed by atoms with Crippen molar-refractivity contribution in [3.63, 3.8) is 0 Å². The fourth-order valence-electron chi connectivity index (χ4n) is 4.39. The van der Waals surface area contributed by atoms with Gasteiger partial charge in [-0.05, 0) is 16.7 Å². The number of nitrogens with zero attached hydrogens (tertiary/aromatic N) is 1. The first kappa shape index (κ1) is 28.2. The third kappa shape index (κ3) is 6.47. The Morgan fingerprint density at radius 1 is 0.947 bits per heavy atom. The topological polar surface area (TPSA) is 149 Å². The van der Waals surface area contributed by atoms with Gasteiger partial charge in [-0.3, -0.25) is 19.3 Å². The zero-order valence-electron chi connectivity index (χ0n) is 21.3. The highest BCUT2D eigenvalue weighted by molar-refractivity contribution is 5.97. The molecule has 0 saturated heterocycles. The number of methoxy groups -OCH3 is 2. The molecule has 0 saturated carbocycles. The highest BCUT2D eigenvalue weighted by Gasteiger charge is 2.44. The summed E-state index contributed by atoms with van der Waals surface area (Å²) in [5, 5.41) is 12.3. The lowest BCUT2D eigenvalue weighted by atomic mass is 9.86. The minimum absolute atomic E-state index is 0.0130. The molecule has 0 aromatic heterocycles. The molecule has 11 heteroatoms. The van der Waals surface area contributed by atoms with E-state index in [4.69, 9.17) is 4.74 Å². The zero-order chi connectivity index (χ0) is 27.8. The van der Waals surface area contributed by atoms with Gasteiger partial charge in [-0.25, -0.2) is 9.59 Å². The summed E-state index contributed by atoms with van der Waals surface area (Å²) in [6, 6.07) is 13.5. The van der Waals surface area contributed by atoms with E-state index in [1.165, 1.54) is 11.8 Å². The number of carbonyl (C=O) groups excluding carboxylic acids is 4. The predicted molar refractivity (Wildman–Crippen MR) is 132 cm³/mol. The molecule has 0 radical (unpaired) electrons. The van der Waals surface area contributed by atoms with Crippen LogP contribution in [0.4, 0.5) is 4.79 Å². The first-order valence-electron chi connectivity index (χ1n) is 11.9. The van der Waals surface area contributed by atoms with Crippen molar-refractivity contribution in [1.82, 2.24) is 10.2 Å². The molecule has 2 aromatic rings. The molecule has 2 aromatic carbocycles. The number of esters is 2. The average molecular weight is 527 g/mol. The Morgan fingerprint density at radius 3 is 2.11 bits per heavy atom. The molecule has 2 amide bonds. The van der Waals surface area contributed by atoms with Crippen molar-refractivity contribution in [1.29, 1.82) is 0 Å². The zero-order valence-corrected chi connectivity index (χ0v) is 21.3. The molecule has 0 spiro atoms. The lowest BCUT2D eigenvalue weighted by Gasteiger charge is -2.36. The van der Waals surface area contributed by atoms with E-state index < -0.39 is 53.8 Å². The smallest absolute Gasteiger partial charge is 0.411 e. The van der Waals surface area contributed by atoms with Crippen LogP contribution in [0.2, 0.25) is 0 Å². The Balaban J connectivity index is 1.85. The number of benzene rings is 2. The molecule has 0 aliphatic carbocycles. The normalized spacial score (nSPS) is 16.0. The van der Waals surface area contributed by atoms with Gasteiger partial charge in [0, 0.05) is 12.3 Å². The Morgan fingerprint density at radius 2 is 1.53 bits per heavy atom. The summed E-state index contributed by atoms with van der Waals surface area (Å²) in [4.78, 5) is 64.4. The first-order valence-corrected chi connectivity index (χ1v) is 11.9. The number of amides is 2. The molecule has 3 rings (SSSR count). The lowest BCUT2D eigenvalue weighted by Crippen LogP contribution is -2.58. The monoisotopic (exact) mass is 526 g/mol. The molecular weight excluding hydrogens is 496 g/mol. The molecular formula is C27H30N2O9. The van der Waals surface area contributed by atoms with E-state index in [1.807, 2.05) is 24.3 Å². The highest BCUT2D eigenvalue weighted by atomic mass is 16.6. The standard InChI is InChI=1S/C27H30N2O9/c1-16(21(25(33)36-2)26(34)37-3)22(24(31)32)28-23(30)20-13-18-11-7-8-12-19(18)14-29(20)27(35)38-15-17-9-5-4-6-10-17/h4-12,16,20-22H,13-15H2,1-3H3,(H,28,30)(H,31,32)/t16-,20-,22-/m0/s1. The van der Waals surface area contributed by atoms with Crippen LogP contribution in [0.5, 0.6) is 0 Å². The van der Waals surface area contributed by atoms with Crippen LogP contribution >= 0.6 is 0 Å². The summed E-state index contributed by atoms with van der Waals surface area (Å²) in [5.74, 6) is -7.07. The van der Waals surface area contributed by atoms with Crippen molar-refractivity contribution in [3.05, 3.63) is 71.3 Å². The molecule has 0 bridgehead atoms.